The number of hydrogen-bond acceptors (Lipinski definition) is 2. The summed E-state index contributed by atoms with van der Waals surface area (Å²) < 4.78 is 2.96. The minimum atomic E-state index is 0.335. The maximum Gasteiger partial charge on any atom is 0.131 e. The van der Waals surface area contributed by atoms with Crippen LogP contribution in [-0.4, -0.2) is 9.55 Å². The van der Waals surface area contributed by atoms with E-state index in [1.54, 1.807) is 0 Å². The summed E-state index contributed by atoms with van der Waals surface area (Å²) in [5, 5.41) is 0.688. The maximum absolute atomic E-state index is 6.24. The molecule has 1 heterocycles. The normalized spacial score (nSPS) is 11.3. The van der Waals surface area contributed by atoms with E-state index in [4.69, 9.17) is 22.3 Å². The van der Waals surface area contributed by atoms with Crippen molar-refractivity contribution in [3.8, 4) is 11.3 Å². The number of hydrogen-bond donors (Lipinski definition) is 1. The van der Waals surface area contributed by atoms with Crippen LogP contribution < -0.4 is 5.73 Å². The van der Waals surface area contributed by atoms with E-state index in [0.29, 0.717) is 16.8 Å². The summed E-state index contributed by atoms with van der Waals surface area (Å²) in [5.41, 5.74) is 8.02. The van der Waals surface area contributed by atoms with Crippen molar-refractivity contribution in [1.82, 2.24) is 9.55 Å². The molecule has 0 saturated carbocycles. The number of halogens is 2. The van der Waals surface area contributed by atoms with Gasteiger partial charge in [-0.05, 0) is 19.1 Å². The van der Waals surface area contributed by atoms with Gasteiger partial charge in [0, 0.05) is 27.5 Å². The Hall–Kier alpha value is -1.00. The summed E-state index contributed by atoms with van der Waals surface area (Å²) in [4.78, 5) is 4.71. The highest BCUT2D eigenvalue weighted by Gasteiger charge is 2.18. The van der Waals surface area contributed by atoms with Gasteiger partial charge in [-0.3, -0.25) is 0 Å². The molecule has 0 fully saturated rings. The van der Waals surface area contributed by atoms with Gasteiger partial charge in [0.15, 0.2) is 0 Å². The number of benzene rings is 1. The third-order valence-corrected chi connectivity index (χ3v) is 3.95. The van der Waals surface area contributed by atoms with E-state index in [9.17, 15) is 0 Å². The molecule has 0 atom stereocenters. The minimum absolute atomic E-state index is 0.335. The Kier molecular flexibility index (Phi) is 4.21. The van der Waals surface area contributed by atoms with Gasteiger partial charge in [-0.25, -0.2) is 4.98 Å². The first kappa shape index (κ1) is 14.4. The van der Waals surface area contributed by atoms with Crippen LogP contribution in [0.25, 0.3) is 11.3 Å². The summed E-state index contributed by atoms with van der Waals surface area (Å²) in [7, 11) is 0. The highest BCUT2D eigenvalue weighted by Crippen LogP contribution is 2.35. The molecule has 0 spiro atoms. The number of nitrogen functional groups attached to an aromatic ring is 1. The van der Waals surface area contributed by atoms with E-state index >= 15 is 0 Å². The molecule has 2 aromatic rings. The minimum Gasteiger partial charge on any atom is -0.383 e. The highest BCUT2D eigenvalue weighted by atomic mass is 79.9. The van der Waals surface area contributed by atoms with Gasteiger partial charge in [-0.2, -0.15) is 0 Å². The molecule has 0 aliphatic carbocycles. The first-order valence-corrected chi connectivity index (χ1v) is 7.44. The average molecular weight is 343 g/mol. The third kappa shape index (κ3) is 2.65. The van der Waals surface area contributed by atoms with Gasteiger partial charge in [-0.15, -0.1) is 0 Å². The second-order valence-corrected chi connectivity index (χ2v) is 6.02. The van der Waals surface area contributed by atoms with Crippen molar-refractivity contribution in [3.05, 3.63) is 33.5 Å². The van der Waals surface area contributed by atoms with Crippen LogP contribution in [0.5, 0.6) is 0 Å². The molecule has 0 amide bonds. The number of aromatic nitrogens is 2. The number of nitrogens with two attached hydrogens (primary N) is 1. The van der Waals surface area contributed by atoms with Crippen LogP contribution >= 0.6 is 27.5 Å². The fraction of sp³-hybridized carbons (Fsp3) is 0.357. The number of rotatable bonds is 3. The largest absolute Gasteiger partial charge is 0.383 e. The Bertz CT molecular complexity index is 605. The lowest BCUT2D eigenvalue weighted by molar-refractivity contribution is 0.658. The zero-order valence-corrected chi connectivity index (χ0v) is 13.6. The van der Waals surface area contributed by atoms with E-state index in [1.807, 2.05) is 18.2 Å². The molecule has 0 radical (unpaired) electrons. The molecular weight excluding hydrogens is 326 g/mol. The molecule has 0 bridgehead atoms. The summed E-state index contributed by atoms with van der Waals surface area (Å²) in [6, 6.07) is 5.65. The van der Waals surface area contributed by atoms with Crippen molar-refractivity contribution < 1.29 is 0 Å². The predicted octanol–water partition coefficient (Wildman–Crippen LogP) is 4.69. The van der Waals surface area contributed by atoms with Crippen molar-refractivity contribution in [2.24, 2.45) is 0 Å². The van der Waals surface area contributed by atoms with E-state index in [2.05, 4.69) is 41.3 Å². The maximum atomic E-state index is 6.24. The highest BCUT2D eigenvalue weighted by molar-refractivity contribution is 9.10. The second kappa shape index (κ2) is 5.55. The molecule has 19 heavy (non-hydrogen) atoms. The summed E-state index contributed by atoms with van der Waals surface area (Å²) in [6.07, 6.45) is 0. The van der Waals surface area contributed by atoms with Gasteiger partial charge in [-0.1, -0.05) is 47.4 Å². The van der Waals surface area contributed by atoms with Gasteiger partial charge < -0.3 is 10.3 Å². The zero-order valence-electron chi connectivity index (χ0n) is 11.2. The topological polar surface area (TPSA) is 43.8 Å². The molecule has 2 rings (SSSR count). The molecule has 1 aromatic heterocycles. The molecule has 1 aromatic carbocycles. The molecule has 5 heteroatoms. The summed E-state index contributed by atoms with van der Waals surface area (Å²) in [6.45, 7) is 7.13. The molecule has 0 unspecified atom stereocenters. The molecule has 2 N–H and O–H groups in total. The van der Waals surface area contributed by atoms with Crippen LogP contribution in [0.4, 0.5) is 5.82 Å². The van der Waals surface area contributed by atoms with E-state index in [0.717, 1.165) is 28.1 Å². The molecule has 102 valence electrons. The van der Waals surface area contributed by atoms with E-state index < -0.39 is 0 Å². The fourth-order valence-corrected chi connectivity index (χ4v) is 3.01. The van der Waals surface area contributed by atoms with Crippen molar-refractivity contribution >= 4 is 33.3 Å². The Morgan fingerprint density at radius 2 is 2.11 bits per heavy atom. The van der Waals surface area contributed by atoms with Crippen LogP contribution in [0.2, 0.25) is 5.02 Å². The second-order valence-electron chi connectivity index (χ2n) is 4.73. The van der Waals surface area contributed by atoms with Gasteiger partial charge >= 0.3 is 0 Å². The summed E-state index contributed by atoms with van der Waals surface area (Å²) >= 11 is 9.49. The molecule has 0 aliphatic rings. The quantitative estimate of drug-likeness (QED) is 0.879. The molecule has 3 nitrogen and oxygen atoms in total. The zero-order chi connectivity index (χ0) is 14.2. The lowest BCUT2D eigenvalue weighted by Gasteiger charge is -2.08. The van der Waals surface area contributed by atoms with E-state index in [-0.39, 0.29) is 0 Å². The molecule has 0 aliphatic heterocycles. The average Bonchev–Trinajstić information content (AvgIpc) is 2.66. The van der Waals surface area contributed by atoms with Crippen LogP contribution in [0, 0.1) is 0 Å². The lowest BCUT2D eigenvalue weighted by Crippen LogP contribution is -2.06. The van der Waals surface area contributed by atoms with Crippen LogP contribution in [-0.2, 0) is 6.54 Å². The molecular formula is C14H17BrClN3. The number of nitrogens with zero attached hydrogens (tertiary/aromatic N) is 2. The lowest BCUT2D eigenvalue weighted by atomic mass is 10.1. The SMILES string of the molecule is CCn1c(C(C)C)nc(-c2ccc(Cl)cc2Br)c1N. The van der Waals surface area contributed by atoms with E-state index in [1.165, 1.54) is 0 Å². The van der Waals surface area contributed by atoms with Gasteiger partial charge in [0.05, 0.1) is 0 Å². The van der Waals surface area contributed by atoms with Crippen molar-refractivity contribution in [1.29, 1.82) is 0 Å². The first-order chi connectivity index (χ1) is 8.95. The van der Waals surface area contributed by atoms with Gasteiger partial charge in [0.25, 0.3) is 0 Å². The van der Waals surface area contributed by atoms with Gasteiger partial charge in [0.2, 0.25) is 0 Å². The Morgan fingerprint density at radius 3 is 2.58 bits per heavy atom. The standard InChI is InChI=1S/C14H17BrClN3/c1-4-19-13(17)12(18-14(19)8(2)3)10-6-5-9(16)7-11(10)15/h5-8H,4,17H2,1-3H3. The fourth-order valence-electron chi connectivity index (χ4n) is 2.14. The smallest absolute Gasteiger partial charge is 0.131 e. The Morgan fingerprint density at radius 1 is 1.42 bits per heavy atom. The van der Waals surface area contributed by atoms with Crippen LogP contribution in [0.15, 0.2) is 22.7 Å². The number of anilines is 1. The Labute approximate surface area is 126 Å². The molecule has 0 saturated heterocycles. The first-order valence-electron chi connectivity index (χ1n) is 6.27. The monoisotopic (exact) mass is 341 g/mol. The van der Waals surface area contributed by atoms with Crippen molar-refractivity contribution in [3.63, 3.8) is 0 Å². The predicted molar refractivity (Wildman–Crippen MR) is 84.5 cm³/mol. The van der Waals surface area contributed by atoms with Crippen LogP contribution in [0.1, 0.15) is 32.5 Å². The van der Waals surface area contributed by atoms with Crippen molar-refractivity contribution in [2.75, 3.05) is 5.73 Å². The third-order valence-electron chi connectivity index (χ3n) is 3.06. The van der Waals surface area contributed by atoms with Gasteiger partial charge in [0.1, 0.15) is 17.3 Å². The van der Waals surface area contributed by atoms with Crippen molar-refractivity contribution in [2.45, 2.75) is 33.2 Å². The Balaban J connectivity index is 2.63. The number of imidazole rings is 1. The van der Waals surface area contributed by atoms with Crippen LogP contribution in [0.3, 0.4) is 0 Å². The summed E-state index contributed by atoms with van der Waals surface area (Å²) in [5.74, 6) is 2.05.